The van der Waals surface area contributed by atoms with Gasteiger partial charge in [-0.2, -0.15) is 0 Å². The lowest BCUT2D eigenvalue weighted by molar-refractivity contribution is -0.116. The van der Waals surface area contributed by atoms with E-state index in [0.29, 0.717) is 12.1 Å². The Hall–Kier alpha value is -2.16. The highest BCUT2D eigenvalue weighted by atomic mass is 19.1. The van der Waals surface area contributed by atoms with Gasteiger partial charge in [0, 0.05) is 24.7 Å². The van der Waals surface area contributed by atoms with Crippen LogP contribution < -0.4 is 4.90 Å². The van der Waals surface area contributed by atoms with E-state index in [0.717, 1.165) is 23.2 Å². The summed E-state index contributed by atoms with van der Waals surface area (Å²) in [5.74, 6) is -0.165. The van der Waals surface area contributed by atoms with Gasteiger partial charge in [0.05, 0.1) is 0 Å². The van der Waals surface area contributed by atoms with Crippen LogP contribution in [0.25, 0.3) is 11.1 Å². The van der Waals surface area contributed by atoms with Crippen LogP contribution in [-0.2, 0) is 11.2 Å². The maximum Gasteiger partial charge on any atom is 0.223 e. The first-order valence-electron chi connectivity index (χ1n) is 6.33. The van der Waals surface area contributed by atoms with Crippen molar-refractivity contribution in [3.63, 3.8) is 0 Å². The smallest absolute Gasteiger partial charge is 0.223 e. The molecule has 2 aromatic carbocycles. The van der Waals surface area contributed by atoms with Gasteiger partial charge in [-0.15, -0.1) is 0 Å². The van der Waals surface area contributed by atoms with Crippen LogP contribution in [0.4, 0.5) is 10.1 Å². The van der Waals surface area contributed by atoms with Crippen molar-refractivity contribution in [2.45, 2.75) is 13.3 Å². The predicted molar refractivity (Wildman–Crippen MR) is 73.6 cm³/mol. The molecule has 0 unspecified atom stereocenters. The lowest BCUT2D eigenvalue weighted by Gasteiger charge is -2.15. The fourth-order valence-corrected chi connectivity index (χ4v) is 2.59. The summed E-state index contributed by atoms with van der Waals surface area (Å²) in [6, 6.07) is 12.5. The maximum atomic E-state index is 13.8. The molecule has 96 valence electrons. The van der Waals surface area contributed by atoms with Crippen molar-refractivity contribution in [2.75, 3.05) is 11.4 Å². The van der Waals surface area contributed by atoms with Crippen molar-refractivity contribution in [1.29, 1.82) is 0 Å². The molecule has 19 heavy (non-hydrogen) atoms. The fourth-order valence-electron chi connectivity index (χ4n) is 2.59. The summed E-state index contributed by atoms with van der Waals surface area (Å²) in [7, 11) is 0. The van der Waals surface area contributed by atoms with E-state index >= 15 is 0 Å². The Morgan fingerprint density at radius 3 is 2.74 bits per heavy atom. The van der Waals surface area contributed by atoms with Crippen LogP contribution in [0, 0.1) is 5.82 Å². The average Bonchev–Trinajstić information content (AvgIpc) is 2.82. The van der Waals surface area contributed by atoms with Crippen molar-refractivity contribution in [1.82, 2.24) is 0 Å². The molecule has 2 nitrogen and oxygen atoms in total. The molecule has 0 spiro atoms. The molecule has 0 fully saturated rings. The first-order chi connectivity index (χ1) is 9.16. The van der Waals surface area contributed by atoms with E-state index in [2.05, 4.69) is 0 Å². The molecule has 0 aliphatic carbocycles. The van der Waals surface area contributed by atoms with Gasteiger partial charge in [0.25, 0.3) is 0 Å². The van der Waals surface area contributed by atoms with Crippen LogP contribution in [0.3, 0.4) is 0 Å². The second kappa shape index (κ2) is 4.50. The van der Waals surface area contributed by atoms with E-state index in [4.69, 9.17) is 0 Å². The number of halogens is 1. The van der Waals surface area contributed by atoms with Gasteiger partial charge >= 0.3 is 0 Å². The SMILES string of the molecule is CC(=O)N1CCc2cc(-c3ccccc3F)ccc21. The number of rotatable bonds is 1. The van der Waals surface area contributed by atoms with Gasteiger partial charge in [-0.05, 0) is 35.7 Å². The van der Waals surface area contributed by atoms with Gasteiger partial charge in [0.15, 0.2) is 0 Å². The molecule has 1 aliphatic rings. The monoisotopic (exact) mass is 255 g/mol. The minimum atomic E-state index is -0.219. The standard InChI is InChI=1S/C16H14FNO/c1-11(19)18-9-8-13-10-12(6-7-16(13)18)14-4-2-3-5-15(14)17/h2-7,10H,8-9H2,1H3. The van der Waals surface area contributed by atoms with Crippen LogP contribution in [-0.4, -0.2) is 12.5 Å². The fraction of sp³-hybridized carbons (Fsp3) is 0.188. The molecule has 0 atom stereocenters. The van der Waals surface area contributed by atoms with Crippen LogP contribution in [0.15, 0.2) is 42.5 Å². The molecule has 1 amide bonds. The first kappa shape index (κ1) is 11.9. The van der Waals surface area contributed by atoms with E-state index < -0.39 is 0 Å². The van der Waals surface area contributed by atoms with Crippen molar-refractivity contribution in [3.05, 3.63) is 53.8 Å². The predicted octanol–water partition coefficient (Wildman–Crippen LogP) is 3.40. The molecule has 1 aliphatic heterocycles. The molecule has 0 aromatic heterocycles. The van der Waals surface area contributed by atoms with Crippen LogP contribution in [0.1, 0.15) is 12.5 Å². The average molecular weight is 255 g/mol. The number of fused-ring (bicyclic) bond motifs is 1. The Labute approximate surface area is 111 Å². The Morgan fingerprint density at radius 2 is 2.00 bits per heavy atom. The highest BCUT2D eigenvalue weighted by molar-refractivity contribution is 5.94. The van der Waals surface area contributed by atoms with Gasteiger partial charge in [-0.3, -0.25) is 4.79 Å². The lowest BCUT2D eigenvalue weighted by Crippen LogP contribution is -2.25. The maximum absolute atomic E-state index is 13.8. The third-order valence-electron chi connectivity index (χ3n) is 3.54. The number of nitrogens with zero attached hydrogens (tertiary/aromatic N) is 1. The zero-order valence-corrected chi connectivity index (χ0v) is 10.7. The summed E-state index contributed by atoms with van der Waals surface area (Å²) >= 11 is 0. The largest absolute Gasteiger partial charge is 0.312 e. The molecular weight excluding hydrogens is 241 g/mol. The Bertz CT molecular complexity index is 651. The number of amides is 1. The number of benzene rings is 2. The molecule has 3 rings (SSSR count). The molecule has 0 radical (unpaired) electrons. The number of carbonyl (C=O) groups is 1. The van der Waals surface area contributed by atoms with E-state index in [-0.39, 0.29) is 11.7 Å². The Kier molecular flexibility index (Phi) is 2.82. The number of hydrogen-bond acceptors (Lipinski definition) is 1. The molecule has 1 heterocycles. The normalized spacial score (nSPS) is 13.5. The first-order valence-corrected chi connectivity index (χ1v) is 6.33. The highest BCUT2D eigenvalue weighted by Crippen LogP contribution is 2.33. The number of anilines is 1. The summed E-state index contributed by atoms with van der Waals surface area (Å²) in [6.45, 7) is 2.28. The summed E-state index contributed by atoms with van der Waals surface area (Å²) in [4.78, 5) is 13.2. The minimum Gasteiger partial charge on any atom is -0.312 e. The minimum absolute atomic E-state index is 0.0531. The van der Waals surface area contributed by atoms with E-state index in [1.54, 1.807) is 24.0 Å². The van der Waals surface area contributed by atoms with Crippen LogP contribution in [0.2, 0.25) is 0 Å². The molecular formula is C16H14FNO. The van der Waals surface area contributed by atoms with Crippen molar-refractivity contribution in [3.8, 4) is 11.1 Å². The summed E-state index contributed by atoms with van der Waals surface area (Å²) in [6.07, 6.45) is 0.831. The Morgan fingerprint density at radius 1 is 1.21 bits per heavy atom. The van der Waals surface area contributed by atoms with Gasteiger partial charge in [-0.1, -0.05) is 24.3 Å². The summed E-state index contributed by atoms with van der Waals surface area (Å²) in [5, 5.41) is 0. The molecule has 0 saturated heterocycles. The molecule has 3 heteroatoms. The number of hydrogen-bond donors (Lipinski definition) is 0. The third-order valence-corrected chi connectivity index (χ3v) is 3.54. The van der Waals surface area contributed by atoms with E-state index in [9.17, 15) is 9.18 Å². The zero-order valence-electron chi connectivity index (χ0n) is 10.7. The van der Waals surface area contributed by atoms with Gasteiger partial charge < -0.3 is 4.90 Å². The second-order valence-electron chi connectivity index (χ2n) is 4.74. The summed E-state index contributed by atoms with van der Waals surface area (Å²) < 4.78 is 13.8. The van der Waals surface area contributed by atoms with Gasteiger partial charge in [-0.25, -0.2) is 4.39 Å². The van der Waals surface area contributed by atoms with Gasteiger partial charge in [0.2, 0.25) is 5.91 Å². The topological polar surface area (TPSA) is 20.3 Å². The van der Waals surface area contributed by atoms with Crippen LogP contribution >= 0.6 is 0 Å². The van der Waals surface area contributed by atoms with Crippen molar-refractivity contribution >= 4 is 11.6 Å². The quantitative estimate of drug-likeness (QED) is 0.764. The molecule has 2 aromatic rings. The van der Waals surface area contributed by atoms with Crippen molar-refractivity contribution in [2.24, 2.45) is 0 Å². The van der Waals surface area contributed by atoms with Crippen LogP contribution in [0.5, 0.6) is 0 Å². The zero-order chi connectivity index (χ0) is 13.4. The van der Waals surface area contributed by atoms with Gasteiger partial charge in [0.1, 0.15) is 5.82 Å². The molecule has 0 bridgehead atoms. The summed E-state index contributed by atoms with van der Waals surface area (Å²) in [5.41, 5.74) is 3.53. The number of carbonyl (C=O) groups excluding carboxylic acids is 1. The Balaban J connectivity index is 2.05. The second-order valence-corrected chi connectivity index (χ2v) is 4.74. The van der Waals surface area contributed by atoms with Crippen molar-refractivity contribution < 1.29 is 9.18 Å². The van der Waals surface area contributed by atoms with E-state index in [1.807, 2.05) is 24.3 Å². The third kappa shape index (κ3) is 2.01. The highest BCUT2D eigenvalue weighted by Gasteiger charge is 2.22. The lowest BCUT2D eigenvalue weighted by atomic mass is 10.0. The molecule has 0 saturated carbocycles. The molecule has 0 N–H and O–H groups in total. The van der Waals surface area contributed by atoms with E-state index in [1.165, 1.54) is 6.07 Å².